The summed E-state index contributed by atoms with van der Waals surface area (Å²) in [5.41, 5.74) is 10.8. The Morgan fingerprint density at radius 1 is 1.42 bits per heavy atom. The summed E-state index contributed by atoms with van der Waals surface area (Å²) >= 11 is 0. The molecule has 0 saturated heterocycles. The molecule has 3 nitrogen and oxygen atoms in total. The summed E-state index contributed by atoms with van der Waals surface area (Å²) in [6.45, 7) is 0. The predicted octanol–water partition coefficient (Wildman–Crippen LogP) is 0.801. The van der Waals surface area contributed by atoms with Gasteiger partial charge in [0.1, 0.15) is 0 Å². The Morgan fingerprint density at radius 3 is 2.58 bits per heavy atom. The number of halogens is 1. The largest absolute Gasteiger partial charge is 0.370 e. The molecule has 0 unspecified atom stereocenters. The molecule has 0 radical (unpaired) electrons. The lowest BCUT2D eigenvalue weighted by molar-refractivity contribution is -0.119. The van der Waals surface area contributed by atoms with Crippen molar-refractivity contribution in [1.82, 2.24) is 0 Å². The summed E-state index contributed by atoms with van der Waals surface area (Å²) in [4.78, 5) is 10.6. The predicted molar refractivity (Wildman–Crippen MR) is 51.0 cm³/mol. The van der Waals surface area contributed by atoms with Gasteiger partial charge < -0.3 is 11.5 Å². The first kappa shape index (κ1) is 11.7. The van der Waals surface area contributed by atoms with Crippen molar-refractivity contribution >= 4 is 18.3 Å². The van der Waals surface area contributed by atoms with Gasteiger partial charge in [-0.05, 0) is 25.2 Å². The molecule has 0 spiro atoms. The van der Waals surface area contributed by atoms with Crippen molar-refractivity contribution in [3.8, 4) is 0 Å². The van der Waals surface area contributed by atoms with E-state index in [1.54, 1.807) is 0 Å². The summed E-state index contributed by atoms with van der Waals surface area (Å²) in [7, 11) is 0. The molecule has 2 atom stereocenters. The molecule has 1 aliphatic rings. The van der Waals surface area contributed by atoms with E-state index in [-0.39, 0.29) is 18.3 Å². The van der Waals surface area contributed by atoms with E-state index in [2.05, 4.69) is 0 Å². The van der Waals surface area contributed by atoms with Crippen molar-refractivity contribution in [2.45, 2.75) is 38.1 Å². The summed E-state index contributed by atoms with van der Waals surface area (Å²) in [5.74, 6) is 0.264. The Labute approximate surface area is 79.3 Å². The summed E-state index contributed by atoms with van der Waals surface area (Å²) < 4.78 is 0. The third-order valence-electron chi connectivity index (χ3n) is 2.31. The zero-order valence-corrected chi connectivity index (χ0v) is 7.98. The second kappa shape index (κ2) is 5.38. The normalized spacial score (nSPS) is 29.1. The maximum Gasteiger partial charge on any atom is 0.217 e. The highest BCUT2D eigenvalue weighted by atomic mass is 35.5. The summed E-state index contributed by atoms with van der Waals surface area (Å²) in [6.07, 6.45) is 4.88. The van der Waals surface area contributed by atoms with Gasteiger partial charge in [0.25, 0.3) is 0 Å². The van der Waals surface area contributed by atoms with Crippen LogP contribution < -0.4 is 11.5 Å². The van der Waals surface area contributed by atoms with Gasteiger partial charge in [0.05, 0.1) is 0 Å². The lowest BCUT2D eigenvalue weighted by Gasteiger charge is -2.25. The highest BCUT2D eigenvalue weighted by Crippen LogP contribution is 2.25. The monoisotopic (exact) mass is 192 g/mol. The smallest absolute Gasteiger partial charge is 0.217 e. The van der Waals surface area contributed by atoms with E-state index in [1.807, 2.05) is 0 Å². The van der Waals surface area contributed by atoms with Gasteiger partial charge >= 0.3 is 0 Å². The van der Waals surface area contributed by atoms with Crippen LogP contribution in [-0.2, 0) is 4.79 Å². The first-order valence-electron chi connectivity index (χ1n) is 4.22. The van der Waals surface area contributed by atoms with Gasteiger partial charge in [-0.3, -0.25) is 4.79 Å². The van der Waals surface area contributed by atoms with Gasteiger partial charge in [0.2, 0.25) is 5.91 Å². The Balaban J connectivity index is 0.00000121. The molecule has 1 saturated carbocycles. The number of amides is 1. The highest BCUT2D eigenvalue weighted by Gasteiger charge is 2.20. The third-order valence-corrected chi connectivity index (χ3v) is 2.31. The molecule has 0 aromatic heterocycles. The van der Waals surface area contributed by atoms with Crippen molar-refractivity contribution in [3.63, 3.8) is 0 Å². The summed E-state index contributed by atoms with van der Waals surface area (Å²) in [5, 5.41) is 0. The fourth-order valence-electron chi connectivity index (χ4n) is 1.80. The molecule has 0 aliphatic heterocycles. The summed E-state index contributed by atoms with van der Waals surface area (Å²) in [6, 6.07) is 0.299. The van der Waals surface area contributed by atoms with Crippen molar-refractivity contribution in [3.05, 3.63) is 0 Å². The number of nitrogens with two attached hydrogens (primary N) is 2. The topological polar surface area (TPSA) is 69.1 Å². The van der Waals surface area contributed by atoms with Crippen LogP contribution in [0.2, 0.25) is 0 Å². The van der Waals surface area contributed by atoms with E-state index in [0.29, 0.717) is 18.4 Å². The minimum atomic E-state index is -0.191. The second-order valence-electron chi connectivity index (χ2n) is 3.46. The molecule has 0 aromatic carbocycles. The zero-order valence-electron chi connectivity index (χ0n) is 7.16. The highest BCUT2D eigenvalue weighted by molar-refractivity contribution is 5.85. The first-order valence-corrected chi connectivity index (χ1v) is 4.22. The van der Waals surface area contributed by atoms with Crippen LogP contribution in [0.15, 0.2) is 0 Å². The van der Waals surface area contributed by atoms with Gasteiger partial charge in [-0.1, -0.05) is 6.42 Å². The van der Waals surface area contributed by atoms with E-state index in [1.165, 1.54) is 0 Å². The third kappa shape index (κ3) is 3.93. The Kier molecular flexibility index (Phi) is 5.25. The van der Waals surface area contributed by atoms with Crippen LogP contribution in [0.5, 0.6) is 0 Å². The quantitative estimate of drug-likeness (QED) is 0.680. The van der Waals surface area contributed by atoms with Crippen LogP contribution in [-0.4, -0.2) is 11.9 Å². The standard InChI is InChI=1S/C8H16N2O.ClH/c9-7-3-1-2-6(4-7)5-8(10)11;/h6-7H,1-5,9H2,(H2,10,11);1H/t6-,7-;/m0./s1. The average Bonchev–Trinajstić information content (AvgIpc) is 1.85. The average molecular weight is 193 g/mol. The van der Waals surface area contributed by atoms with E-state index in [4.69, 9.17) is 11.5 Å². The fraction of sp³-hybridized carbons (Fsp3) is 0.875. The minimum absolute atomic E-state index is 0. The molecule has 4 N–H and O–H groups in total. The van der Waals surface area contributed by atoms with Crippen LogP contribution in [0, 0.1) is 5.92 Å². The number of carbonyl (C=O) groups is 1. The van der Waals surface area contributed by atoms with Gasteiger partial charge in [-0.15, -0.1) is 12.4 Å². The van der Waals surface area contributed by atoms with Crippen LogP contribution in [0.25, 0.3) is 0 Å². The van der Waals surface area contributed by atoms with Crippen molar-refractivity contribution in [2.75, 3.05) is 0 Å². The molecular formula is C8H17ClN2O. The molecule has 0 aromatic rings. The lowest BCUT2D eigenvalue weighted by atomic mass is 9.84. The van der Waals surface area contributed by atoms with E-state index < -0.39 is 0 Å². The molecule has 1 amide bonds. The van der Waals surface area contributed by atoms with Crippen LogP contribution >= 0.6 is 12.4 Å². The Bertz CT molecular complexity index is 152. The number of carbonyl (C=O) groups excluding carboxylic acids is 1. The second-order valence-corrected chi connectivity index (χ2v) is 3.46. The number of hydrogen-bond donors (Lipinski definition) is 2. The van der Waals surface area contributed by atoms with Gasteiger partial charge in [-0.25, -0.2) is 0 Å². The maximum absolute atomic E-state index is 10.6. The molecule has 12 heavy (non-hydrogen) atoms. The van der Waals surface area contributed by atoms with E-state index >= 15 is 0 Å². The van der Waals surface area contributed by atoms with Crippen LogP contribution in [0.1, 0.15) is 32.1 Å². The molecule has 0 heterocycles. The Hall–Kier alpha value is -0.280. The van der Waals surface area contributed by atoms with Crippen molar-refractivity contribution < 1.29 is 4.79 Å². The van der Waals surface area contributed by atoms with Crippen molar-refractivity contribution in [2.24, 2.45) is 17.4 Å². The number of rotatable bonds is 2. The molecule has 4 heteroatoms. The lowest BCUT2D eigenvalue weighted by Crippen LogP contribution is -2.30. The SMILES string of the molecule is Cl.NC(=O)C[C@H]1CCC[C@H](N)C1. The number of primary amides is 1. The number of hydrogen-bond acceptors (Lipinski definition) is 2. The molecule has 0 bridgehead atoms. The fourth-order valence-corrected chi connectivity index (χ4v) is 1.80. The van der Waals surface area contributed by atoms with Gasteiger partial charge in [0, 0.05) is 12.5 Å². The molecular weight excluding hydrogens is 176 g/mol. The van der Waals surface area contributed by atoms with Crippen LogP contribution in [0.3, 0.4) is 0 Å². The van der Waals surface area contributed by atoms with Crippen LogP contribution in [0.4, 0.5) is 0 Å². The molecule has 1 fully saturated rings. The van der Waals surface area contributed by atoms with E-state index in [0.717, 1.165) is 25.7 Å². The molecule has 72 valence electrons. The van der Waals surface area contributed by atoms with Gasteiger partial charge in [-0.2, -0.15) is 0 Å². The Morgan fingerprint density at radius 2 is 2.08 bits per heavy atom. The minimum Gasteiger partial charge on any atom is -0.370 e. The van der Waals surface area contributed by atoms with E-state index in [9.17, 15) is 4.79 Å². The van der Waals surface area contributed by atoms with Gasteiger partial charge in [0.15, 0.2) is 0 Å². The maximum atomic E-state index is 10.6. The van der Waals surface area contributed by atoms with Crippen molar-refractivity contribution in [1.29, 1.82) is 0 Å². The molecule has 1 rings (SSSR count). The molecule has 1 aliphatic carbocycles. The zero-order chi connectivity index (χ0) is 8.27. The first-order chi connectivity index (χ1) is 5.18.